The summed E-state index contributed by atoms with van der Waals surface area (Å²) in [4.78, 5) is 52.1. The Balaban J connectivity index is 1.35. The first-order valence-corrected chi connectivity index (χ1v) is 12.2. The van der Waals surface area contributed by atoms with Crippen molar-refractivity contribution in [3.8, 4) is 5.75 Å². The van der Waals surface area contributed by atoms with Crippen molar-refractivity contribution in [2.45, 2.75) is 38.0 Å². The van der Waals surface area contributed by atoms with E-state index in [0.717, 1.165) is 0 Å². The second-order valence-electron chi connectivity index (χ2n) is 9.42. The van der Waals surface area contributed by atoms with Crippen molar-refractivity contribution < 1.29 is 28.7 Å². The van der Waals surface area contributed by atoms with Crippen LogP contribution >= 0.6 is 0 Å². The number of piperidine rings is 1. The minimum Gasteiger partial charge on any atom is -0.489 e. The minimum atomic E-state index is -0.884. The van der Waals surface area contributed by atoms with E-state index in [9.17, 15) is 19.2 Å². The third kappa shape index (κ3) is 4.64. The van der Waals surface area contributed by atoms with Gasteiger partial charge in [0.05, 0.1) is 13.2 Å². The van der Waals surface area contributed by atoms with E-state index in [-0.39, 0.29) is 66.7 Å². The number of carbonyl (C=O) groups excluding carboxylic acids is 4. The van der Waals surface area contributed by atoms with E-state index >= 15 is 0 Å². The molecule has 38 heavy (non-hydrogen) atoms. The zero-order chi connectivity index (χ0) is 27.1. The second-order valence-corrected chi connectivity index (χ2v) is 9.42. The maximum atomic E-state index is 13.1. The van der Waals surface area contributed by atoms with Crippen LogP contribution in [0.25, 0.3) is 0 Å². The SMILES string of the molecule is [B]c1cc(COc2cccc3c2CN(C2CCC(=O)NC2=O)C3=O)c([B])c([B])c1C([B])N1CCOCC1=O. The van der Waals surface area contributed by atoms with Crippen molar-refractivity contribution >= 4 is 71.4 Å². The number of benzene rings is 2. The average molecular weight is 503 g/mol. The number of fused-ring (bicyclic) bond motifs is 1. The molecule has 13 heteroatoms. The molecule has 184 valence electrons. The highest BCUT2D eigenvalue weighted by atomic mass is 16.5. The van der Waals surface area contributed by atoms with Crippen LogP contribution in [-0.4, -0.2) is 90.6 Å². The monoisotopic (exact) mass is 503 g/mol. The van der Waals surface area contributed by atoms with Crippen LogP contribution in [0.5, 0.6) is 5.75 Å². The lowest BCUT2D eigenvalue weighted by molar-refractivity contribution is -0.143. The molecule has 2 aromatic carbocycles. The summed E-state index contributed by atoms with van der Waals surface area (Å²) in [7, 11) is 25.3. The lowest BCUT2D eigenvalue weighted by Crippen LogP contribution is -2.52. The first kappa shape index (κ1) is 26.2. The van der Waals surface area contributed by atoms with E-state index in [1.54, 1.807) is 24.3 Å². The van der Waals surface area contributed by atoms with E-state index in [1.807, 2.05) is 0 Å². The smallest absolute Gasteiger partial charge is 0.255 e. The molecule has 0 saturated carbocycles. The van der Waals surface area contributed by atoms with E-state index < -0.39 is 17.9 Å². The van der Waals surface area contributed by atoms with Crippen LogP contribution in [0.15, 0.2) is 24.3 Å². The molecule has 3 aliphatic heterocycles. The second kappa shape index (κ2) is 10.4. The molecule has 0 spiro atoms. The summed E-state index contributed by atoms with van der Waals surface area (Å²) in [6, 6.07) is 5.95. The third-order valence-electron chi connectivity index (χ3n) is 7.14. The van der Waals surface area contributed by atoms with E-state index in [2.05, 4.69) is 5.32 Å². The fourth-order valence-corrected chi connectivity index (χ4v) is 5.09. The van der Waals surface area contributed by atoms with Crippen LogP contribution in [0.1, 0.15) is 45.8 Å². The Morgan fingerprint density at radius 2 is 1.92 bits per heavy atom. The Kier molecular flexibility index (Phi) is 7.13. The number of rotatable bonds is 6. The predicted octanol–water partition coefficient (Wildman–Crippen LogP) is -2.57. The molecule has 2 aromatic rings. The van der Waals surface area contributed by atoms with Gasteiger partial charge < -0.3 is 19.3 Å². The average Bonchev–Trinajstić information content (AvgIpc) is 3.22. The molecule has 1 N–H and O–H groups in total. The standard InChI is InChI=1S/C25H21B4N3O6/c26-15-8-12(21(27)22(28)20(15)23(29)31-6-7-37-11-19(31)34)10-38-17-3-1-2-13-14(17)9-32(25(13)36)16-4-5-18(33)30-24(16)35/h1-3,8,16,23H,4-7,9-11H2,(H,30,33,35). The summed E-state index contributed by atoms with van der Waals surface area (Å²) >= 11 is 0. The number of amides is 4. The highest BCUT2D eigenvalue weighted by Crippen LogP contribution is 2.34. The van der Waals surface area contributed by atoms with Crippen molar-refractivity contribution in [1.82, 2.24) is 15.1 Å². The molecule has 2 unspecified atom stereocenters. The van der Waals surface area contributed by atoms with E-state index in [1.165, 1.54) is 9.80 Å². The lowest BCUT2D eigenvalue weighted by Gasteiger charge is -2.35. The molecule has 9 nitrogen and oxygen atoms in total. The van der Waals surface area contributed by atoms with Gasteiger partial charge in [0.2, 0.25) is 17.7 Å². The first-order chi connectivity index (χ1) is 18.2. The van der Waals surface area contributed by atoms with Crippen molar-refractivity contribution in [3.63, 3.8) is 0 Å². The van der Waals surface area contributed by atoms with Crippen molar-refractivity contribution in [2.24, 2.45) is 0 Å². The maximum Gasteiger partial charge on any atom is 0.255 e. The zero-order valence-corrected chi connectivity index (χ0v) is 20.6. The Morgan fingerprint density at radius 1 is 1.13 bits per heavy atom. The van der Waals surface area contributed by atoms with Crippen LogP contribution in [0.3, 0.4) is 0 Å². The van der Waals surface area contributed by atoms with Gasteiger partial charge in [-0.25, -0.2) is 0 Å². The summed E-state index contributed by atoms with van der Waals surface area (Å²) in [5, 5.41) is 2.29. The van der Waals surface area contributed by atoms with Gasteiger partial charge in [-0.15, -0.1) is 0 Å². The summed E-state index contributed by atoms with van der Waals surface area (Å²) < 4.78 is 11.2. The summed E-state index contributed by atoms with van der Waals surface area (Å²) in [5.74, 6) is -1.84. The van der Waals surface area contributed by atoms with Gasteiger partial charge >= 0.3 is 0 Å². The van der Waals surface area contributed by atoms with Crippen molar-refractivity contribution in [2.75, 3.05) is 19.8 Å². The normalized spacial score (nSPS) is 20.4. The summed E-state index contributed by atoms with van der Waals surface area (Å²) in [6.45, 7) is 0.746. The molecular formula is C25H21B4N3O6. The van der Waals surface area contributed by atoms with Crippen LogP contribution in [0.2, 0.25) is 0 Å². The highest BCUT2D eigenvalue weighted by Gasteiger charge is 2.40. The number of carbonyl (C=O) groups is 4. The molecule has 3 aliphatic rings. The lowest BCUT2D eigenvalue weighted by atomic mass is 9.66. The molecule has 0 aromatic heterocycles. The van der Waals surface area contributed by atoms with Gasteiger partial charge in [0.15, 0.2) is 0 Å². The van der Waals surface area contributed by atoms with Gasteiger partial charge in [0, 0.05) is 30.0 Å². The number of morpholine rings is 1. The highest BCUT2D eigenvalue weighted by molar-refractivity contribution is 6.52. The molecule has 2 fully saturated rings. The number of nitrogens with one attached hydrogen (secondary N) is 1. The van der Waals surface area contributed by atoms with Gasteiger partial charge in [-0.2, -0.15) is 0 Å². The fourth-order valence-electron chi connectivity index (χ4n) is 5.09. The third-order valence-corrected chi connectivity index (χ3v) is 7.14. The van der Waals surface area contributed by atoms with Gasteiger partial charge in [-0.1, -0.05) is 28.5 Å². The van der Waals surface area contributed by atoms with Crippen LogP contribution in [-0.2, 0) is 32.3 Å². The molecule has 5 rings (SSSR count). The van der Waals surface area contributed by atoms with Gasteiger partial charge in [-0.3, -0.25) is 24.5 Å². The molecule has 0 aliphatic carbocycles. The molecule has 4 amide bonds. The van der Waals surface area contributed by atoms with E-state index in [0.29, 0.717) is 41.2 Å². The fraction of sp³-hybridized carbons (Fsp3) is 0.360. The predicted molar refractivity (Wildman–Crippen MR) is 140 cm³/mol. The van der Waals surface area contributed by atoms with E-state index in [4.69, 9.17) is 40.9 Å². The van der Waals surface area contributed by atoms with Gasteiger partial charge in [0.25, 0.3) is 5.91 Å². The van der Waals surface area contributed by atoms with Crippen molar-refractivity contribution in [1.29, 1.82) is 0 Å². The number of hydrogen-bond acceptors (Lipinski definition) is 6. The Bertz CT molecular complexity index is 1350. The molecular weight excluding hydrogens is 482 g/mol. The Morgan fingerprint density at radius 3 is 2.66 bits per heavy atom. The zero-order valence-electron chi connectivity index (χ0n) is 20.6. The Labute approximate surface area is 225 Å². The quantitative estimate of drug-likeness (QED) is 0.344. The van der Waals surface area contributed by atoms with Crippen molar-refractivity contribution in [3.05, 3.63) is 46.5 Å². The minimum absolute atomic E-state index is 0.00467. The number of ether oxygens (including phenoxy) is 2. The summed E-state index contributed by atoms with van der Waals surface area (Å²) in [5.41, 5.74) is 2.56. The topological polar surface area (TPSA) is 105 Å². The molecule has 0 bridgehead atoms. The maximum absolute atomic E-state index is 13.1. The van der Waals surface area contributed by atoms with Gasteiger partial charge in [0.1, 0.15) is 56.4 Å². The molecule has 8 radical (unpaired) electrons. The van der Waals surface area contributed by atoms with Gasteiger partial charge in [-0.05, 0) is 29.7 Å². The van der Waals surface area contributed by atoms with Crippen LogP contribution < -0.4 is 26.4 Å². The molecule has 3 heterocycles. The number of nitrogens with zero attached hydrogens (tertiary/aromatic N) is 2. The number of hydrogen-bond donors (Lipinski definition) is 1. The molecule has 2 saturated heterocycles. The number of imide groups is 1. The molecule has 2 atom stereocenters. The largest absolute Gasteiger partial charge is 0.489 e. The Hall–Kier alpha value is -3.46. The van der Waals surface area contributed by atoms with Crippen LogP contribution in [0, 0.1) is 0 Å². The summed E-state index contributed by atoms with van der Waals surface area (Å²) in [6.07, 6.45) is 0.432. The first-order valence-electron chi connectivity index (χ1n) is 12.2. The van der Waals surface area contributed by atoms with Crippen LogP contribution in [0.4, 0.5) is 0 Å².